The van der Waals surface area contributed by atoms with E-state index in [0.29, 0.717) is 18.7 Å². The normalized spacial score (nSPS) is 13.4. The third-order valence-corrected chi connectivity index (χ3v) is 6.65. The number of nitrogens with one attached hydrogen (secondary N) is 2. The quantitative estimate of drug-likeness (QED) is 0.246. The molecule has 0 aliphatic rings. The summed E-state index contributed by atoms with van der Waals surface area (Å²) in [5.41, 5.74) is 1.66. The highest BCUT2D eigenvalue weighted by Gasteiger charge is 2.37. The van der Waals surface area contributed by atoms with Crippen LogP contribution < -0.4 is 10.6 Å². The number of hydrogen-bond donors (Lipinski definition) is 2. The van der Waals surface area contributed by atoms with Crippen molar-refractivity contribution >= 4 is 29.7 Å². The van der Waals surface area contributed by atoms with Gasteiger partial charge in [0.05, 0.1) is 0 Å². The number of hydrogen-bond acceptors (Lipinski definition) is 5. The Balaban J connectivity index is 3.55. The molecule has 0 bridgehead atoms. The summed E-state index contributed by atoms with van der Waals surface area (Å²) < 4.78 is 5.49. The summed E-state index contributed by atoms with van der Waals surface area (Å²) in [6.45, 7) is 17.8. The highest BCUT2D eigenvalue weighted by molar-refractivity contribution is 7.98. The smallest absolute Gasteiger partial charge is 0.408 e. The molecular formula is C31H53N3O4S. The van der Waals surface area contributed by atoms with Crippen molar-refractivity contribution in [3.8, 4) is 0 Å². The van der Waals surface area contributed by atoms with Gasteiger partial charge in [-0.3, -0.25) is 9.59 Å². The molecule has 0 aromatic heterocycles. The minimum Gasteiger partial charge on any atom is -0.444 e. The molecule has 0 heterocycles. The Kier molecular flexibility index (Phi) is 14.4. The number of carbonyl (C=O) groups excluding carboxylic acids is 3. The van der Waals surface area contributed by atoms with E-state index in [0.717, 1.165) is 48.8 Å². The maximum Gasteiger partial charge on any atom is 0.408 e. The van der Waals surface area contributed by atoms with Gasteiger partial charge in [0, 0.05) is 12.1 Å². The molecule has 7 nitrogen and oxygen atoms in total. The maximum atomic E-state index is 14.3. The number of rotatable bonds is 14. The molecule has 2 N–H and O–H groups in total. The first kappa shape index (κ1) is 34.8. The number of benzene rings is 1. The summed E-state index contributed by atoms with van der Waals surface area (Å²) in [6, 6.07) is 4.40. The third-order valence-electron chi connectivity index (χ3n) is 6.00. The standard InChI is InChI=1S/C31H53N3O4S/c1-11-12-13-14-15-17-34(28(36)25(16-18-39-10)32-29(37)38-31(7,8)9)26(27(35)33-30(4,5)6)24-20-22(2)19-23(3)21-24/h19-21,25-26H,11-18H2,1-10H3,(H,32,37)(H,33,35). The first-order chi connectivity index (χ1) is 18.1. The molecule has 0 aliphatic carbocycles. The Morgan fingerprint density at radius 1 is 0.949 bits per heavy atom. The lowest BCUT2D eigenvalue weighted by Crippen LogP contribution is -2.55. The summed E-state index contributed by atoms with van der Waals surface area (Å²) in [5.74, 6) is 0.188. The molecule has 3 amide bonds. The van der Waals surface area contributed by atoms with Crippen LogP contribution in [0.2, 0.25) is 0 Å². The molecule has 222 valence electrons. The predicted octanol–water partition coefficient (Wildman–Crippen LogP) is 6.70. The zero-order valence-electron chi connectivity index (χ0n) is 26.0. The Labute approximate surface area is 241 Å². The molecule has 2 unspecified atom stereocenters. The van der Waals surface area contributed by atoms with Crippen molar-refractivity contribution in [3.63, 3.8) is 0 Å². The highest BCUT2D eigenvalue weighted by atomic mass is 32.2. The average molecular weight is 564 g/mol. The van der Waals surface area contributed by atoms with Crippen LogP contribution in [0.15, 0.2) is 18.2 Å². The van der Waals surface area contributed by atoms with Gasteiger partial charge in [0.1, 0.15) is 17.7 Å². The molecule has 0 fully saturated rings. The summed E-state index contributed by atoms with van der Waals surface area (Å²) in [6.07, 6.45) is 6.85. The molecular weight excluding hydrogens is 510 g/mol. The van der Waals surface area contributed by atoms with Crippen molar-refractivity contribution in [2.24, 2.45) is 0 Å². The van der Waals surface area contributed by atoms with Gasteiger partial charge in [-0.15, -0.1) is 0 Å². The zero-order valence-corrected chi connectivity index (χ0v) is 26.8. The SMILES string of the molecule is CCCCCCCN(C(=O)C(CCSC)NC(=O)OC(C)(C)C)C(C(=O)NC(C)(C)C)c1cc(C)cc(C)c1. The lowest BCUT2D eigenvalue weighted by molar-refractivity contribution is -0.143. The Hall–Kier alpha value is -2.22. The summed E-state index contributed by atoms with van der Waals surface area (Å²) in [4.78, 5) is 42.6. The topological polar surface area (TPSA) is 87.7 Å². The van der Waals surface area contributed by atoms with Crippen molar-refractivity contribution in [1.82, 2.24) is 15.5 Å². The van der Waals surface area contributed by atoms with E-state index in [4.69, 9.17) is 4.74 Å². The molecule has 2 atom stereocenters. The minimum absolute atomic E-state index is 0.227. The van der Waals surface area contributed by atoms with Crippen LogP contribution in [0.5, 0.6) is 0 Å². The van der Waals surface area contributed by atoms with Gasteiger partial charge in [0.15, 0.2) is 0 Å². The molecule has 1 rings (SSSR count). The second kappa shape index (κ2) is 16.1. The van der Waals surface area contributed by atoms with E-state index >= 15 is 0 Å². The van der Waals surface area contributed by atoms with Crippen LogP contribution in [-0.2, 0) is 14.3 Å². The van der Waals surface area contributed by atoms with E-state index in [-0.39, 0.29) is 11.8 Å². The van der Waals surface area contributed by atoms with Crippen LogP contribution in [0.1, 0.15) is 110 Å². The van der Waals surface area contributed by atoms with E-state index < -0.39 is 29.3 Å². The zero-order chi connectivity index (χ0) is 29.8. The second-order valence-electron chi connectivity index (χ2n) is 12.5. The Morgan fingerprint density at radius 2 is 1.54 bits per heavy atom. The van der Waals surface area contributed by atoms with Gasteiger partial charge < -0.3 is 20.3 Å². The van der Waals surface area contributed by atoms with Crippen LogP contribution in [0.25, 0.3) is 0 Å². The van der Waals surface area contributed by atoms with Crippen LogP contribution in [-0.4, -0.2) is 58.5 Å². The number of amides is 3. The second-order valence-corrected chi connectivity index (χ2v) is 13.5. The predicted molar refractivity (Wildman–Crippen MR) is 163 cm³/mol. The van der Waals surface area contributed by atoms with Gasteiger partial charge in [-0.05, 0) is 85.8 Å². The number of aryl methyl sites for hydroxylation is 2. The van der Waals surface area contributed by atoms with E-state index in [9.17, 15) is 14.4 Å². The fraction of sp³-hybridized carbons (Fsp3) is 0.710. The lowest BCUT2D eigenvalue weighted by atomic mass is 9.96. The van der Waals surface area contributed by atoms with E-state index in [1.807, 2.05) is 53.0 Å². The van der Waals surface area contributed by atoms with Gasteiger partial charge >= 0.3 is 6.09 Å². The third kappa shape index (κ3) is 13.6. The first-order valence-electron chi connectivity index (χ1n) is 14.3. The van der Waals surface area contributed by atoms with E-state index in [1.165, 1.54) is 0 Å². The van der Waals surface area contributed by atoms with Crippen molar-refractivity contribution in [2.75, 3.05) is 18.6 Å². The fourth-order valence-electron chi connectivity index (χ4n) is 4.47. The van der Waals surface area contributed by atoms with Crippen molar-refractivity contribution in [2.45, 2.75) is 124 Å². The lowest BCUT2D eigenvalue weighted by Gasteiger charge is -2.36. The van der Waals surface area contributed by atoms with E-state index in [1.54, 1.807) is 37.4 Å². The number of nitrogens with zero attached hydrogens (tertiary/aromatic N) is 1. The molecule has 0 radical (unpaired) electrons. The maximum absolute atomic E-state index is 14.3. The van der Waals surface area contributed by atoms with Crippen LogP contribution in [0.4, 0.5) is 4.79 Å². The monoisotopic (exact) mass is 563 g/mol. The fourth-order valence-corrected chi connectivity index (χ4v) is 4.95. The molecule has 0 saturated heterocycles. The van der Waals surface area contributed by atoms with Gasteiger partial charge in [-0.1, -0.05) is 61.9 Å². The van der Waals surface area contributed by atoms with Gasteiger partial charge in [-0.25, -0.2) is 4.79 Å². The number of alkyl carbamates (subject to hydrolysis) is 1. The molecule has 1 aromatic carbocycles. The van der Waals surface area contributed by atoms with Crippen molar-refractivity contribution < 1.29 is 19.1 Å². The Bertz CT molecular complexity index is 916. The largest absolute Gasteiger partial charge is 0.444 e. The van der Waals surface area contributed by atoms with Crippen LogP contribution >= 0.6 is 11.8 Å². The molecule has 0 spiro atoms. The van der Waals surface area contributed by atoms with Gasteiger partial charge in [0.25, 0.3) is 0 Å². The number of thioether (sulfide) groups is 1. The van der Waals surface area contributed by atoms with Gasteiger partial charge in [0.2, 0.25) is 11.8 Å². The minimum atomic E-state index is -0.821. The van der Waals surface area contributed by atoms with Crippen molar-refractivity contribution in [3.05, 3.63) is 34.9 Å². The number of carbonyl (C=O) groups is 3. The highest BCUT2D eigenvalue weighted by Crippen LogP contribution is 2.27. The molecule has 8 heteroatoms. The van der Waals surface area contributed by atoms with Gasteiger partial charge in [-0.2, -0.15) is 11.8 Å². The summed E-state index contributed by atoms with van der Waals surface area (Å²) in [5, 5.41) is 5.93. The molecule has 39 heavy (non-hydrogen) atoms. The average Bonchev–Trinajstić information content (AvgIpc) is 2.77. The van der Waals surface area contributed by atoms with E-state index in [2.05, 4.69) is 23.6 Å². The Morgan fingerprint density at radius 3 is 2.05 bits per heavy atom. The number of ether oxygens (including phenoxy) is 1. The molecule has 0 aliphatic heterocycles. The van der Waals surface area contributed by atoms with Crippen LogP contribution in [0, 0.1) is 13.8 Å². The molecule has 1 aromatic rings. The number of unbranched alkanes of at least 4 members (excludes halogenated alkanes) is 4. The van der Waals surface area contributed by atoms with Crippen molar-refractivity contribution in [1.29, 1.82) is 0 Å². The first-order valence-corrected chi connectivity index (χ1v) is 15.7. The summed E-state index contributed by atoms with van der Waals surface area (Å²) in [7, 11) is 0. The summed E-state index contributed by atoms with van der Waals surface area (Å²) >= 11 is 1.61. The molecule has 0 saturated carbocycles. The van der Waals surface area contributed by atoms with Crippen LogP contribution in [0.3, 0.4) is 0 Å².